The second kappa shape index (κ2) is 10.5. The van der Waals surface area contributed by atoms with Crippen molar-refractivity contribution < 1.29 is 0 Å². The highest BCUT2D eigenvalue weighted by atomic mass is 15.1. The second-order valence-corrected chi connectivity index (χ2v) is 12.2. The fourth-order valence-electron chi connectivity index (χ4n) is 7.28. The van der Waals surface area contributed by atoms with Crippen molar-refractivity contribution in [2.75, 3.05) is 0 Å². The summed E-state index contributed by atoms with van der Waals surface area (Å²) in [4.78, 5) is 4.55. The molecule has 5 nitrogen and oxygen atoms in total. The zero-order chi connectivity index (χ0) is 31.6. The molecule has 4 heterocycles. The number of aromatic nitrogens is 5. The van der Waals surface area contributed by atoms with Crippen molar-refractivity contribution in [2.45, 2.75) is 0 Å². The molecule has 0 unspecified atom stereocenters. The first-order valence-corrected chi connectivity index (χ1v) is 16.1. The van der Waals surface area contributed by atoms with E-state index in [1.54, 1.807) is 12.4 Å². The Morgan fingerprint density at radius 3 is 1.48 bits per heavy atom. The number of nitrogens with zero attached hydrogens (tertiary/aromatic N) is 5. The molecule has 48 heavy (non-hydrogen) atoms. The van der Waals surface area contributed by atoms with Crippen LogP contribution in [0.25, 0.3) is 88.1 Å². The van der Waals surface area contributed by atoms with E-state index in [1.807, 2.05) is 6.20 Å². The first kappa shape index (κ1) is 26.6. The van der Waals surface area contributed by atoms with E-state index in [4.69, 9.17) is 0 Å². The summed E-state index contributed by atoms with van der Waals surface area (Å²) in [5.41, 5.74) is 12.5. The van der Waals surface area contributed by atoms with Gasteiger partial charge < -0.3 is 9.13 Å². The van der Waals surface area contributed by atoms with E-state index in [-0.39, 0.29) is 0 Å². The molecule has 0 saturated carbocycles. The number of para-hydroxylation sites is 3. The Morgan fingerprint density at radius 1 is 0.354 bits per heavy atom. The van der Waals surface area contributed by atoms with Crippen LogP contribution >= 0.6 is 0 Å². The van der Waals surface area contributed by atoms with Crippen LogP contribution in [0.4, 0.5) is 0 Å². The van der Waals surface area contributed by atoms with Gasteiger partial charge in [-0.05, 0) is 71.3 Å². The van der Waals surface area contributed by atoms with E-state index in [2.05, 4.69) is 170 Å². The average molecular weight is 614 g/mol. The highest BCUT2D eigenvalue weighted by Crippen LogP contribution is 2.37. The van der Waals surface area contributed by atoms with Gasteiger partial charge in [-0.1, -0.05) is 91.0 Å². The summed E-state index contributed by atoms with van der Waals surface area (Å²) in [6.07, 6.45) is 5.34. The van der Waals surface area contributed by atoms with Crippen LogP contribution in [0.2, 0.25) is 0 Å². The number of pyridine rings is 1. The van der Waals surface area contributed by atoms with Gasteiger partial charge in [0.1, 0.15) is 0 Å². The zero-order valence-corrected chi connectivity index (χ0v) is 25.8. The molecule has 10 rings (SSSR count). The summed E-state index contributed by atoms with van der Waals surface area (Å²) in [6, 6.07) is 52.6. The number of fused-ring (bicyclic) bond motifs is 7. The minimum atomic E-state index is 0.845. The maximum Gasteiger partial charge on any atom is 0.0919 e. The minimum absolute atomic E-state index is 0.845. The molecular formula is C43H27N5. The van der Waals surface area contributed by atoms with Gasteiger partial charge in [-0.3, -0.25) is 4.98 Å². The average Bonchev–Trinajstić information content (AvgIpc) is 3.67. The first-order valence-electron chi connectivity index (χ1n) is 16.1. The van der Waals surface area contributed by atoms with Gasteiger partial charge in [-0.25, -0.2) is 0 Å². The molecule has 0 spiro atoms. The molecule has 0 radical (unpaired) electrons. The maximum atomic E-state index is 4.55. The maximum absolute atomic E-state index is 4.55. The summed E-state index contributed by atoms with van der Waals surface area (Å²) in [5, 5.41) is 13.9. The fourth-order valence-corrected chi connectivity index (χ4v) is 7.28. The molecule has 0 saturated heterocycles. The lowest BCUT2D eigenvalue weighted by Crippen LogP contribution is -1.95. The van der Waals surface area contributed by atoms with Crippen LogP contribution in [-0.4, -0.2) is 24.3 Å². The molecule has 0 aliphatic heterocycles. The van der Waals surface area contributed by atoms with Crippen LogP contribution in [0.3, 0.4) is 0 Å². The van der Waals surface area contributed by atoms with Crippen molar-refractivity contribution in [3.8, 4) is 33.6 Å². The third-order valence-electron chi connectivity index (χ3n) is 9.56. The first-order chi connectivity index (χ1) is 23.8. The van der Waals surface area contributed by atoms with Gasteiger partial charge in [-0.15, -0.1) is 0 Å². The lowest BCUT2D eigenvalue weighted by molar-refractivity contribution is 1.04. The SMILES string of the molecule is c1ccc2c(c1)c1ccccc1n2-c1ccc2c(c1)c1ccccc1n2-c1ccc(-c2ccc(-c3cnc4cnncc4c3)cc2)cc1. The molecule has 0 fully saturated rings. The van der Waals surface area contributed by atoms with Gasteiger partial charge in [0.25, 0.3) is 0 Å². The largest absolute Gasteiger partial charge is 0.309 e. The summed E-state index contributed by atoms with van der Waals surface area (Å²) in [6.45, 7) is 0. The van der Waals surface area contributed by atoms with Crippen molar-refractivity contribution in [1.29, 1.82) is 0 Å². The van der Waals surface area contributed by atoms with Gasteiger partial charge in [-0.2, -0.15) is 10.2 Å². The Kier molecular flexibility index (Phi) is 5.81. The summed E-state index contributed by atoms with van der Waals surface area (Å²) >= 11 is 0. The van der Waals surface area contributed by atoms with Crippen molar-refractivity contribution >= 4 is 54.5 Å². The molecule has 0 amide bonds. The third kappa shape index (κ3) is 4.08. The number of hydrogen-bond donors (Lipinski definition) is 0. The van der Waals surface area contributed by atoms with Gasteiger partial charge in [0, 0.05) is 50.1 Å². The molecule has 6 aromatic carbocycles. The van der Waals surface area contributed by atoms with Crippen LogP contribution in [0.15, 0.2) is 164 Å². The Morgan fingerprint density at radius 2 is 0.833 bits per heavy atom. The van der Waals surface area contributed by atoms with Crippen molar-refractivity contribution in [2.24, 2.45) is 0 Å². The number of benzene rings is 6. The lowest BCUT2D eigenvalue weighted by atomic mass is 10.0. The van der Waals surface area contributed by atoms with Crippen LogP contribution in [0.1, 0.15) is 0 Å². The van der Waals surface area contributed by atoms with Gasteiger partial charge in [0.15, 0.2) is 0 Å². The minimum Gasteiger partial charge on any atom is -0.309 e. The van der Waals surface area contributed by atoms with E-state index in [0.717, 1.165) is 33.4 Å². The summed E-state index contributed by atoms with van der Waals surface area (Å²) in [5.74, 6) is 0. The molecule has 5 heteroatoms. The van der Waals surface area contributed by atoms with Crippen LogP contribution in [0.5, 0.6) is 0 Å². The highest BCUT2D eigenvalue weighted by Gasteiger charge is 2.16. The molecule has 0 N–H and O–H groups in total. The highest BCUT2D eigenvalue weighted by molar-refractivity contribution is 6.12. The van der Waals surface area contributed by atoms with Crippen molar-refractivity contribution in [3.63, 3.8) is 0 Å². The summed E-state index contributed by atoms with van der Waals surface area (Å²) < 4.78 is 4.77. The van der Waals surface area contributed by atoms with E-state index >= 15 is 0 Å². The van der Waals surface area contributed by atoms with Gasteiger partial charge in [0.2, 0.25) is 0 Å². The fraction of sp³-hybridized carbons (Fsp3) is 0. The van der Waals surface area contributed by atoms with Crippen LogP contribution in [-0.2, 0) is 0 Å². The Balaban J connectivity index is 1.04. The third-order valence-corrected chi connectivity index (χ3v) is 9.56. The van der Waals surface area contributed by atoms with Gasteiger partial charge >= 0.3 is 0 Å². The van der Waals surface area contributed by atoms with E-state index in [0.29, 0.717) is 0 Å². The van der Waals surface area contributed by atoms with E-state index < -0.39 is 0 Å². The van der Waals surface area contributed by atoms with E-state index in [9.17, 15) is 0 Å². The zero-order valence-electron chi connectivity index (χ0n) is 25.8. The number of hydrogen-bond acceptors (Lipinski definition) is 3. The predicted octanol–water partition coefficient (Wildman–Crippen LogP) is 10.6. The molecule has 0 aliphatic carbocycles. The molecule has 4 aromatic heterocycles. The monoisotopic (exact) mass is 613 g/mol. The molecule has 0 atom stereocenters. The molecule has 10 aromatic rings. The topological polar surface area (TPSA) is 48.5 Å². The standard InChI is InChI=1S/C43H27N5/c1-4-10-40-35(7-1)36-8-2-5-11-41(36)48(40)34-21-22-43-38(24-34)37-9-3-6-12-42(37)47(43)33-19-17-29(18-20-33)28-13-15-30(16-14-28)31-23-32-26-45-46-27-39(32)44-25-31/h1-27H. The normalized spacial score (nSPS) is 11.8. The van der Waals surface area contributed by atoms with Crippen LogP contribution in [0, 0.1) is 0 Å². The van der Waals surface area contributed by atoms with Crippen molar-refractivity contribution in [1.82, 2.24) is 24.3 Å². The number of rotatable bonds is 4. The Labute approximate surface area is 276 Å². The summed E-state index contributed by atoms with van der Waals surface area (Å²) in [7, 11) is 0. The van der Waals surface area contributed by atoms with Crippen molar-refractivity contribution in [3.05, 3.63) is 164 Å². The van der Waals surface area contributed by atoms with E-state index in [1.165, 1.54) is 54.7 Å². The molecule has 0 aliphatic rings. The quantitative estimate of drug-likeness (QED) is 0.198. The molecule has 224 valence electrons. The second-order valence-electron chi connectivity index (χ2n) is 12.2. The van der Waals surface area contributed by atoms with Crippen LogP contribution < -0.4 is 0 Å². The molecule has 0 bridgehead atoms. The Bertz CT molecular complexity index is 2770. The predicted molar refractivity (Wildman–Crippen MR) is 197 cm³/mol. The van der Waals surface area contributed by atoms with Gasteiger partial charge in [0.05, 0.1) is 40.0 Å². The smallest absolute Gasteiger partial charge is 0.0919 e. The Hall–Kier alpha value is -6.59. The molecular weight excluding hydrogens is 587 g/mol. The lowest BCUT2D eigenvalue weighted by Gasteiger charge is -2.11.